The van der Waals surface area contributed by atoms with Crippen molar-refractivity contribution >= 4 is 11.1 Å². The lowest BCUT2D eigenvalue weighted by atomic mass is 9.63. The highest BCUT2D eigenvalue weighted by Gasteiger charge is 2.35. The molecule has 27 heavy (non-hydrogen) atoms. The summed E-state index contributed by atoms with van der Waals surface area (Å²) >= 11 is 0. The fourth-order valence-electron chi connectivity index (χ4n) is 4.66. The van der Waals surface area contributed by atoms with Crippen LogP contribution in [0.3, 0.4) is 0 Å². The molecule has 144 valence electrons. The van der Waals surface area contributed by atoms with Crippen LogP contribution in [-0.2, 0) is 6.42 Å². The molecule has 0 unspecified atom stereocenters. The molecule has 2 nitrogen and oxygen atoms in total. The number of benzene rings is 2. The Hall–Kier alpha value is -2.09. The molecule has 1 heterocycles. The summed E-state index contributed by atoms with van der Waals surface area (Å²) in [6.45, 7) is 16.1. The summed E-state index contributed by atoms with van der Waals surface area (Å²) in [6.07, 6.45) is 2.22. The zero-order valence-electron chi connectivity index (χ0n) is 17.9. The van der Waals surface area contributed by atoms with E-state index in [1.165, 1.54) is 11.1 Å². The number of hydrogen-bond acceptors (Lipinski definition) is 2. The molecule has 0 aliphatic carbocycles. The summed E-state index contributed by atoms with van der Waals surface area (Å²) in [7, 11) is 0. The monoisotopic (exact) mass is 363 g/mol. The highest BCUT2D eigenvalue weighted by Crippen LogP contribution is 2.47. The van der Waals surface area contributed by atoms with E-state index in [0.717, 1.165) is 29.5 Å². The summed E-state index contributed by atoms with van der Waals surface area (Å²) in [5, 5.41) is 0. The molecular weight excluding hydrogens is 330 g/mol. The van der Waals surface area contributed by atoms with Crippen LogP contribution in [0.2, 0.25) is 0 Å². The summed E-state index contributed by atoms with van der Waals surface area (Å²) in [5.74, 6) is 1.17. The van der Waals surface area contributed by atoms with Gasteiger partial charge in [-0.2, -0.15) is 0 Å². The number of hydrogen-bond donors (Lipinski definition) is 0. The van der Waals surface area contributed by atoms with Gasteiger partial charge < -0.3 is 4.42 Å². The summed E-state index contributed by atoms with van der Waals surface area (Å²) in [5.41, 5.74) is 5.94. The number of oxazole rings is 1. The quantitative estimate of drug-likeness (QED) is 0.476. The van der Waals surface area contributed by atoms with Crippen molar-refractivity contribution in [2.24, 2.45) is 10.8 Å². The van der Waals surface area contributed by atoms with Gasteiger partial charge in [-0.1, -0.05) is 73.1 Å². The van der Waals surface area contributed by atoms with Crippen molar-refractivity contribution in [3.8, 4) is 11.5 Å². The maximum absolute atomic E-state index is 6.01. The van der Waals surface area contributed by atoms with E-state index in [1.807, 2.05) is 6.07 Å². The van der Waals surface area contributed by atoms with Crippen LogP contribution in [-0.4, -0.2) is 4.98 Å². The Balaban J connectivity index is 1.94. The second-order valence-electron chi connectivity index (χ2n) is 9.86. The molecule has 0 N–H and O–H groups in total. The van der Waals surface area contributed by atoms with E-state index >= 15 is 0 Å². The Morgan fingerprint density at radius 3 is 2.07 bits per heavy atom. The molecule has 3 aromatic rings. The minimum atomic E-state index is 0.201. The Morgan fingerprint density at radius 2 is 1.52 bits per heavy atom. The first-order valence-electron chi connectivity index (χ1n) is 10.1. The van der Waals surface area contributed by atoms with Crippen molar-refractivity contribution in [1.82, 2.24) is 4.98 Å². The molecule has 0 aliphatic rings. The van der Waals surface area contributed by atoms with Crippen LogP contribution in [0, 0.1) is 10.8 Å². The second-order valence-corrected chi connectivity index (χ2v) is 9.86. The molecule has 0 spiro atoms. The highest BCUT2D eigenvalue weighted by atomic mass is 16.3. The van der Waals surface area contributed by atoms with Crippen LogP contribution in [0.15, 0.2) is 46.9 Å². The predicted octanol–water partition coefficient (Wildman–Crippen LogP) is 7.62. The Morgan fingerprint density at radius 1 is 0.889 bits per heavy atom. The van der Waals surface area contributed by atoms with Crippen molar-refractivity contribution in [3.63, 3.8) is 0 Å². The lowest BCUT2D eigenvalue weighted by molar-refractivity contribution is 0.176. The minimum absolute atomic E-state index is 0.201. The molecule has 0 aliphatic heterocycles. The molecule has 2 heteroatoms. The van der Waals surface area contributed by atoms with Crippen molar-refractivity contribution in [1.29, 1.82) is 0 Å². The predicted molar refractivity (Wildman–Crippen MR) is 115 cm³/mol. The van der Waals surface area contributed by atoms with Gasteiger partial charge in [0.05, 0.1) is 0 Å². The Kier molecular flexibility index (Phi) is 5.20. The largest absolute Gasteiger partial charge is 0.436 e. The summed E-state index contributed by atoms with van der Waals surface area (Å²) in [6, 6.07) is 15.1. The van der Waals surface area contributed by atoms with Crippen LogP contribution in [0.25, 0.3) is 22.6 Å². The third-order valence-electron chi connectivity index (χ3n) is 5.21. The average molecular weight is 364 g/mol. The van der Waals surface area contributed by atoms with Gasteiger partial charge in [-0.05, 0) is 58.6 Å². The van der Waals surface area contributed by atoms with E-state index in [4.69, 9.17) is 9.40 Å². The van der Waals surface area contributed by atoms with Crippen molar-refractivity contribution in [3.05, 3.63) is 53.6 Å². The van der Waals surface area contributed by atoms with Gasteiger partial charge in [0.2, 0.25) is 5.89 Å². The molecule has 0 saturated heterocycles. The van der Waals surface area contributed by atoms with Gasteiger partial charge in [0.25, 0.3) is 0 Å². The molecule has 0 saturated carbocycles. The molecule has 2 aromatic carbocycles. The van der Waals surface area contributed by atoms with Gasteiger partial charge in [0.15, 0.2) is 5.58 Å². The van der Waals surface area contributed by atoms with Gasteiger partial charge in [-0.15, -0.1) is 0 Å². The van der Waals surface area contributed by atoms with Gasteiger partial charge in [-0.3, -0.25) is 0 Å². The van der Waals surface area contributed by atoms with E-state index in [-0.39, 0.29) is 10.8 Å². The first-order valence-corrected chi connectivity index (χ1v) is 10.1. The van der Waals surface area contributed by atoms with Crippen molar-refractivity contribution in [2.75, 3.05) is 0 Å². The van der Waals surface area contributed by atoms with Gasteiger partial charge in [0, 0.05) is 5.56 Å². The molecule has 1 aromatic heterocycles. The van der Waals surface area contributed by atoms with Crippen molar-refractivity contribution in [2.45, 2.75) is 67.2 Å². The van der Waals surface area contributed by atoms with E-state index in [9.17, 15) is 0 Å². The Labute approximate surface area is 164 Å². The third-order valence-corrected chi connectivity index (χ3v) is 5.21. The average Bonchev–Trinajstić information content (AvgIpc) is 2.96. The van der Waals surface area contributed by atoms with E-state index in [2.05, 4.69) is 84.9 Å². The van der Waals surface area contributed by atoms with E-state index < -0.39 is 0 Å². The number of aromatic nitrogens is 1. The van der Waals surface area contributed by atoms with Crippen LogP contribution in [0.1, 0.15) is 71.9 Å². The third kappa shape index (κ3) is 4.26. The van der Waals surface area contributed by atoms with Gasteiger partial charge in [-0.25, -0.2) is 4.98 Å². The molecule has 0 bridgehead atoms. The molecular formula is C25H33NO. The van der Waals surface area contributed by atoms with Crippen LogP contribution in [0.4, 0.5) is 0 Å². The normalized spacial score (nSPS) is 12.9. The fraction of sp³-hybridized carbons (Fsp3) is 0.480. The molecule has 0 radical (unpaired) electrons. The summed E-state index contributed by atoms with van der Waals surface area (Å²) < 4.78 is 6.01. The Bertz CT molecular complexity index is 890. The lowest BCUT2D eigenvalue weighted by Crippen LogP contribution is -2.30. The smallest absolute Gasteiger partial charge is 0.227 e. The van der Waals surface area contributed by atoms with Crippen LogP contribution >= 0.6 is 0 Å². The van der Waals surface area contributed by atoms with Crippen LogP contribution in [0.5, 0.6) is 0 Å². The summed E-state index contributed by atoms with van der Waals surface area (Å²) in [4.78, 5) is 4.73. The molecule has 0 fully saturated rings. The number of aryl methyl sites for hydroxylation is 1. The zero-order valence-corrected chi connectivity index (χ0v) is 17.9. The maximum atomic E-state index is 6.01. The first-order chi connectivity index (χ1) is 12.6. The highest BCUT2D eigenvalue weighted by molar-refractivity contribution is 5.77. The van der Waals surface area contributed by atoms with Crippen molar-refractivity contribution < 1.29 is 4.42 Å². The van der Waals surface area contributed by atoms with Crippen LogP contribution < -0.4 is 0 Å². The lowest BCUT2D eigenvalue weighted by Gasteiger charge is -2.41. The van der Waals surface area contributed by atoms with E-state index in [0.29, 0.717) is 11.8 Å². The number of nitrogens with zero attached hydrogens (tertiary/aromatic N) is 1. The van der Waals surface area contributed by atoms with E-state index in [1.54, 1.807) is 0 Å². The van der Waals surface area contributed by atoms with Gasteiger partial charge >= 0.3 is 0 Å². The zero-order chi connectivity index (χ0) is 19.8. The van der Waals surface area contributed by atoms with Gasteiger partial charge in [0.1, 0.15) is 5.52 Å². The SMILES string of the molecule is CCCc1ccc2oc(-c3ccc(C(C(C)(C)C)C(C)(C)C)cc3)nc2c1. The second kappa shape index (κ2) is 7.14. The minimum Gasteiger partial charge on any atom is -0.436 e. The molecule has 3 rings (SSSR count). The fourth-order valence-corrected chi connectivity index (χ4v) is 4.66. The number of fused-ring (bicyclic) bond motifs is 1. The molecule has 0 atom stereocenters. The standard InChI is InChI=1S/C25H33NO/c1-8-9-17-10-15-21-20(16-17)26-23(27-21)19-13-11-18(12-14-19)22(24(2,3)4)25(5,6)7/h10-16,22H,8-9H2,1-7H3. The maximum Gasteiger partial charge on any atom is 0.227 e. The molecule has 0 amide bonds. The number of rotatable bonds is 4. The first kappa shape index (κ1) is 19.7. The topological polar surface area (TPSA) is 26.0 Å².